The smallest absolute Gasteiger partial charge is 0.241 e. The molecule has 19 heavy (non-hydrogen) atoms. The first-order chi connectivity index (χ1) is 9.16. The number of anilines is 1. The normalized spacial score (nSPS) is 36.2. The van der Waals surface area contributed by atoms with Gasteiger partial charge in [-0.1, -0.05) is 11.6 Å². The van der Waals surface area contributed by atoms with Crippen LogP contribution in [0.2, 0.25) is 5.02 Å². The number of carbonyl (C=O) groups is 2. The highest BCUT2D eigenvalue weighted by molar-refractivity contribution is 6.30. The van der Waals surface area contributed by atoms with E-state index in [4.69, 9.17) is 16.3 Å². The second-order valence-corrected chi connectivity index (χ2v) is 5.62. The topological polar surface area (TPSA) is 59.5 Å². The van der Waals surface area contributed by atoms with Gasteiger partial charge in [0.25, 0.3) is 0 Å². The molecule has 2 bridgehead atoms. The van der Waals surface area contributed by atoms with E-state index in [1.807, 2.05) is 0 Å². The lowest BCUT2D eigenvalue weighted by Crippen LogP contribution is -2.34. The minimum atomic E-state index is -0.316. The summed E-state index contributed by atoms with van der Waals surface area (Å²) in [5.74, 6) is -0.644. The van der Waals surface area contributed by atoms with Crippen molar-refractivity contribution in [2.45, 2.75) is 25.0 Å². The third-order valence-electron chi connectivity index (χ3n) is 4.23. The van der Waals surface area contributed by atoms with Crippen molar-refractivity contribution >= 4 is 29.2 Å². The predicted molar refractivity (Wildman–Crippen MR) is 66.6 cm³/mol. The van der Waals surface area contributed by atoms with Gasteiger partial charge in [-0.3, -0.25) is 9.59 Å². The Morgan fingerprint density at radius 2 is 1.79 bits per heavy atom. The fourth-order valence-corrected chi connectivity index (χ4v) is 3.55. The van der Waals surface area contributed by atoms with Crippen LogP contribution in [-0.4, -0.2) is 29.0 Å². The van der Waals surface area contributed by atoms with Crippen LogP contribution >= 0.6 is 11.6 Å². The van der Waals surface area contributed by atoms with Crippen molar-refractivity contribution in [2.24, 2.45) is 11.8 Å². The third kappa shape index (κ3) is 1.42. The standard InChI is InChI=1S/C13H11ClN2O3/c14-6-1-4-9(15-5-6)16-12(17)10-7-2-3-8(19-7)11(10)13(16)18/h1,4-5,7-8,10-11H,2-3H2/t7-,8+,10-,11+. The van der Waals surface area contributed by atoms with Gasteiger partial charge in [0, 0.05) is 6.20 Å². The third-order valence-corrected chi connectivity index (χ3v) is 4.45. The van der Waals surface area contributed by atoms with Gasteiger partial charge in [-0.15, -0.1) is 0 Å². The quantitative estimate of drug-likeness (QED) is 0.729. The molecule has 0 aliphatic carbocycles. The van der Waals surface area contributed by atoms with Crippen molar-refractivity contribution in [3.8, 4) is 0 Å². The van der Waals surface area contributed by atoms with Crippen LogP contribution in [-0.2, 0) is 14.3 Å². The Hall–Kier alpha value is -1.46. The molecule has 0 spiro atoms. The first-order valence-electron chi connectivity index (χ1n) is 6.31. The molecule has 2 amide bonds. The lowest BCUT2D eigenvalue weighted by Gasteiger charge is -2.16. The number of amides is 2. The van der Waals surface area contributed by atoms with E-state index in [9.17, 15) is 9.59 Å². The number of ether oxygens (including phenoxy) is 1. The molecule has 5 nitrogen and oxygen atoms in total. The predicted octanol–water partition coefficient (Wildman–Crippen LogP) is 1.40. The van der Waals surface area contributed by atoms with Crippen LogP contribution in [0.3, 0.4) is 0 Å². The molecule has 0 saturated carbocycles. The Morgan fingerprint density at radius 1 is 1.16 bits per heavy atom. The van der Waals surface area contributed by atoms with Gasteiger partial charge in [-0.2, -0.15) is 0 Å². The number of fused-ring (bicyclic) bond motifs is 5. The fourth-order valence-electron chi connectivity index (χ4n) is 3.44. The highest BCUT2D eigenvalue weighted by Crippen LogP contribution is 2.49. The molecule has 6 heteroatoms. The summed E-state index contributed by atoms with van der Waals surface area (Å²) in [6.07, 6.45) is 2.99. The van der Waals surface area contributed by atoms with E-state index in [1.54, 1.807) is 12.1 Å². The molecule has 3 saturated heterocycles. The van der Waals surface area contributed by atoms with E-state index in [2.05, 4.69) is 4.98 Å². The van der Waals surface area contributed by atoms with Crippen LogP contribution in [0.25, 0.3) is 0 Å². The Labute approximate surface area is 114 Å². The molecule has 98 valence electrons. The zero-order valence-electron chi connectivity index (χ0n) is 9.95. The summed E-state index contributed by atoms with van der Waals surface area (Å²) in [6.45, 7) is 0. The van der Waals surface area contributed by atoms with Crippen LogP contribution < -0.4 is 4.90 Å². The maximum atomic E-state index is 12.4. The second kappa shape index (κ2) is 3.77. The Bertz CT molecular complexity index is 546. The molecule has 1 aromatic rings. The number of pyridine rings is 1. The minimum Gasteiger partial charge on any atom is -0.373 e. The number of hydrogen-bond acceptors (Lipinski definition) is 4. The number of halogens is 1. The SMILES string of the molecule is O=C1[C@@H]2[C@H](C(=O)N1c1ccc(Cl)cn1)[C@H]1CC[C@@H]2O1. The molecule has 3 fully saturated rings. The van der Waals surface area contributed by atoms with Crippen molar-refractivity contribution in [3.63, 3.8) is 0 Å². The van der Waals surface area contributed by atoms with Gasteiger partial charge in [0.05, 0.1) is 29.1 Å². The van der Waals surface area contributed by atoms with Crippen LogP contribution in [0.5, 0.6) is 0 Å². The number of carbonyl (C=O) groups excluding carboxylic acids is 2. The van der Waals surface area contributed by atoms with Crippen molar-refractivity contribution < 1.29 is 14.3 Å². The molecule has 4 rings (SSSR count). The molecule has 0 N–H and O–H groups in total. The fraction of sp³-hybridized carbons (Fsp3) is 0.462. The monoisotopic (exact) mass is 278 g/mol. The molecule has 4 heterocycles. The minimum absolute atomic E-state index is 0.0937. The average molecular weight is 279 g/mol. The van der Waals surface area contributed by atoms with Crippen molar-refractivity contribution in [1.29, 1.82) is 0 Å². The van der Waals surface area contributed by atoms with Gasteiger partial charge in [0.1, 0.15) is 5.82 Å². The van der Waals surface area contributed by atoms with Gasteiger partial charge >= 0.3 is 0 Å². The van der Waals surface area contributed by atoms with E-state index < -0.39 is 0 Å². The summed E-state index contributed by atoms with van der Waals surface area (Å²) in [5, 5.41) is 0.478. The molecule has 1 aromatic heterocycles. The molecule has 3 aliphatic rings. The Kier molecular flexibility index (Phi) is 2.26. The van der Waals surface area contributed by atoms with E-state index in [0.717, 1.165) is 12.8 Å². The molecule has 0 radical (unpaired) electrons. The average Bonchev–Trinajstić information content (AvgIpc) is 3.06. The maximum absolute atomic E-state index is 12.4. The Morgan fingerprint density at radius 3 is 2.32 bits per heavy atom. The summed E-state index contributed by atoms with van der Waals surface area (Å²) in [4.78, 5) is 30.1. The van der Waals surface area contributed by atoms with E-state index >= 15 is 0 Å². The Balaban J connectivity index is 1.73. The lowest BCUT2D eigenvalue weighted by atomic mass is 9.81. The van der Waals surface area contributed by atoms with Crippen molar-refractivity contribution in [1.82, 2.24) is 4.98 Å². The first-order valence-corrected chi connectivity index (χ1v) is 6.69. The highest BCUT2D eigenvalue weighted by Gasteiger charge is 2.62. The van der Waals surface area contributed by atoms with Crippen LogP contribution in [0, 0.1) is 11.8 Å². The number of rotatable bonds is 1. The van der Waals surface area contributed by atoms with Gasteiger partial charge in [0.15, 0.2) is 0 Å². The van der Waals surface area contributed by atoms with Gasteiger partial charge in [-0.05, 0) is 25.0 Å². The maximum Gasteiger partial charge on any atom is 0.241 e. The van der Waals surface area contributed by atoms with Crippen molar-refractivity contribution in [2.75, 3.05) is 4.90 Å². The second-order valence-electron chi connectivity index (χ2n) is 5.19. The molecular formula is C13H11ClN2O3. The van der Waals surface area contributed by atoms with E-state index in [-0.39, 0.29) is 35.9 Å². The number of nitrogens with zero attached hydrogens (tertiary/aromatic N) is 2. The lowest BCUT2D eigenvalue weighted by molar-refractivity contribution is -0.124. The van der Waals surface area contributed by atoms with Crippen LogP contribution in [0.1, 0.15) is 12.8 Å². The molecule has 4 atom stereocenters. The molecule has 0 aromatic carbocycles. The zero-order valence-corrected chi connectivity index (χ0v) is 10.7. The summed E-state index contributed by atoms with van der Waals surface area (Å²) in [6, 6.07) is 3.23. The summed E-state index contributed by atoms with van der Waals surface area (Å²) in [7, 11) is 0. The number of hydrogen-bond donors (Lipinski definition) is 0. The summed E-state index contributed by atoms with van der Waals surface area (Å²) >= 11 is 5.77. The molecule has 3 aliphatic heterocycles. The van der Waals surface area contributed by atoms with E-state index in [0.29, 0.717) is 10.8 Å². The van der Waals surface area contributed by atoms with Crippen LogP contribution in [0.4, 0.5) is 5.82 Å². The van der Waals surface area contributed by atoms with Gasteiger partial charge in [0.2, 0.25) is 11.8 Å². The van der Waals surface area contributed by atoms with Crippen LogP contribution in [0.15, 0.2) is 18.3 Å². The molecular weight excluding hydrogens is 268 g/mol. The zero-order chi connectivity index (χ0) is 13.1. The first kappa shape index (κ1) is 11.4. The summed E-state index contributed by atoms with van der Waals surface area (Å²) < 4.78 is 5.67. The van der Waals surface area contributed by atoms with Gasteiger partial charge < -0.3 is 4.74 Å². The highest BCUT2D eigenvalue weighted by atomic mass is 35.5. The molecule has 0 unspecified atom stereocenters. The van der Waals surface area contributed by atoms with E-state index in [1.165, 1.54) is 11.1 Å². The van der Waals surface area contributed by atoms with Gasteiger partial charge in [-0.25, -0.2) is 9.88 Å². The number of imide groups is 1. The number of aromatic nitrogens is 1. The van der Waals surface area contributed by atoms with Crippen molar-refractivity contribution in [3.05, 3.63) is 23.4 Å². The largest absolute Gasteiger partial charge is 0.373 e. The summed E-state index contributed by atoms with van der Waals surface area (Å²) in [5.41, 5.74) is 0.